The molecule has 28 heteroatoms. The van der Waals surface area contributed by atoms with Gasteiger partial charge in [0, 0.05) is 0 Å². The van der Waals surface area contributed by atoms with E-state index in [0.717, 1.165) is 0 Å². The van der Waals surface area contributed by atoms with E-state index in [9.17, 15) is 81.1 Å². The van der Waals surface area contributed by atoms with E-state index in [1.807, 2.05) is 0 Å². The van der Waals surface area contributed by atoms with Gasteiger partial charge in [0.2, 0.25) is 0 Å². The standard InChI is InChI=1S/2C12H20O12.2BrH.2Ca/c2*13-1-2-3(14)4(15)7(18)12(22-2)24-8-5(16)6(17)11(21)23-9(8)10(19)20;;;;/h2*2-9,11-18,21H,1H2,(H,19,20);2*1H;;/q;;;;2*+2/p-4/t2*2-,3+,4+,5-,6-,7-,8+,9+,11+,12+;;;;/m11..../s1. The van der Waals surface area contributed by atoms with Gasteiger partial charge in [-0.2, -0.15) is 0 Å². The number of hydrogen-bond donors (Lipinski definition) is 14. The number of carboxylic acids is 2. The molecular formula is C24H38Br2Ca2O24. The minimum Gasteiger partial charge on any atom is -1.00 e. The zero-order valence-electron chi connectivity index (χ0n) is 26.5. The number of halogens is 2. The Hall–Kier alpha value is 1.62. The van der Waals surface area contributed by atoms with Crippen LogP contribution in [0.2, 0.25) is 0 Å². The Morgan fingerprint density at radius 1 is 0.462 bits per heavy atom. The van der Waals surface area contributed by atoms with Gasteiger partial charge in [-0.25, -0.2) is 0 Å². The van der Waals surface area contributed by atoms with Crippen LogP contribution in [-0.4, -0.2) is 295 Å². The van der Waals surface area contributed by atoms with Gasteiger partial charge in [-0.15, -0.1) is 0 Å². The third-order valence-corrected chi connectivity index (χ3v) is 7.87. The van der Waals surface area contributed by atoms with Gasteiger partial charge in [-0.1, -0.05) is 0 Å². The van der Waals surface area contributed by atoms with Crippen molar-refractivity contribution in [2.24, 2.45) is 0 Å². The summed E-state index contributed by atoms with van der Waals surface area (Å²) in [6, 6.07) is 0. The number of aliphatic hydroxyl groups excluding tert-OH is 14. The van der Waals surface area contributed by atoms with Gasteiger partial charge in [0.1, 0.15) is 97.7 Å². The second-order valence-electron chi connectivity index (χ2n) is 11.1. The first-order chi connectivity index (χ1) is 22.4. The third-order valence-electron chi connectivity index (χ3n) is 7.87. The van der Waals surface area contributed by atoms with Crippen molar-refractivity contribution in [2.75, 3.05) is 13.2 Å². The number of aliphatic carboxylic acids is 2. The molecule has 4 aliphatic rings. The first kappa shape index (κ1) is 55.7. The van der Waals surface area contributed by atoms with Crippen LogP contribution in [0.3, 0.4) is 0 Å². The molecule has 296 valence electrons. The summed E-state index contributed by atoms with van der Waals surface area (Å²) >= 11 is 0. The van der Waals surface area contributed by atoms with Gasteiger partial charge in [0.25, 0.3) is 0 Å². The van der Waals surface area contributed by atoms with E-state index in [2.05, 4.69) is 9.47 Å². The Kier molecular flexibility index (Phi) is 26.3. The van der Waals surface area contributed by atoms with Crippen molar-refractivity contribution < 1.29 is 154 Å². The molecule has 0 saturated carbocycles. The second-order valence-corrected chi connectivity index (χ2v) is 11.1. The number of aliphatic hydroxyl groups is 14. The molecule has 4 aliphatic heterocycles. The fourth-order valence-electron chi connectivity index (χ4n) is 5.05. The minimum absolute atomic E-state index is 0. The maximum atomic E-state index is 11.1. The number of carbonyl (C=O) groups excluding carboxylic acids is 2. The molecule has 0 aromatic heterocycles. The van der Waals surface area contributed by atoms with Crippen LogP contribution in [0, 0.1) is 0 Å². The zero-order valence-corrected chi connectivity index (χ0v) is 34.1. The fraction of sp³-hybridized carbons (Fsp3) is 0.917. The molecule has 14 N–H and O–H groups in total. The Bertz CT molecular complexity index is 992. The van der Waals surface area contributed by atoms with Gasteiger partial charge in [-0.05, 0) is 0 Å². The number of carbonyl (C=O) groups is 2. The quantitative estimate of drug-likeness (QED) is 0.100. The largest absolute Gasteiger partial charge is 2.00 e. The summed E-state index contributed by atoms with van der Waals surface area (Å²) in [5.41, 5.74) is 0. The van der Waals surface area contributed by atoms with Crippen LogP contribution >= 0.6 is 0 Å². The number of carboxylic acid groups (broad SMARTS) is 2. The second kappa shape index (κ2) is 24.5. The number of hydrogen-bond acceptors (Lipinski definition) is 24. The summed E-state index contributed by atoms with van der Waals surface area (Å²) in [6.45, 7) is -1.50. The molecule has 20 atom stereocenters. The maximum absolute atomic E-state index is 11.1. The van der Waals surface area contributed by atoms with Crippen LogP contribution in [0.15, 0.2) is 0 Å². The summed E-state index contributed by atoms with van der Waals surface area (Å²) in [5.74, 6) is -3.76. The maximum Gasteiger partial charge on any atom is 2.00 e. The molecule has 0 aromatic rings. The summed E-state index contributed by atoms with van der Waals surface area (Å²) in [6.07, 6.45) is -36.3. The first-order valence-corrected chi connectivity index (χ1v) is 14.1. The zero-order chi connectivity index (χ0) is 36.4. The normalized spacial score (nSPS) is 46.0. The van der Waals surface area contributed by atoms with Gasteiger partial charge >= 0.3 is 75.5 Å². The van der Waals surface area contributed by atoms with Crippen molar-refractivity contribution in [2.45, 2.75) is 123 Å². The average Bonchev–Trinajstić information content (AvgIpc) is 3.04. The van der Waals surface area contributed by atoms with Crippen LogP contribution in [0.1, 0.15) is 0 Å². The van der Waals surface area contributed by atoms with Crippen molar-refractivity contribution in [3.05, 3.63) is 0 Å². The van der Waals surface area contributed by atoms with E-state index in [4.69, 9.17) is 29.2 Å². The fourth-order valence-corrected chi connectivity index (χ4v) is 5.05. The van der Waals surface area contributed by atoms with Crippen LogP contribution < -0.4 is 44.2 Å². The SMILES string of the molecule is O=C([O-])[C@H]1O[C@H](O)[C@H](O)[C@@H](O)[C@@H]1O[C@@H]1O[C@H](CO)[C@H](O)[C@H](O)[C@H]1O.O=C([O-])[C@H]1O[C@H](O)[C@H](O)[C@@H](O)[C@@H]1O[C@@H]1O[C@H](CO)[C@H](O)[C@H](O)[C@H]1O.[Br-].[Br-].[Ca+2].[Ca+2]. The Balaban J connectivity index is 0. The van der Waals surface area contributed by atoms with E-state index < -0.39 is 148 Å². The Labute approximate surface area is 373 Å². The molecule has 4 fully saturated rings. The predicted molar refractivity (Wildman–Crippen MR) is 145 cm³/mol. The average molecular weight is 951 g/mol. The molecule has 4 saturated heterocycles. The first-order valence-electron chi connectivity index (χ1n) is 14.1. The van der Waals surface area contributed by atoms with Crippen molar-refractivity contribution in [3.8, 4) is 0 Å². The molecule has 4 rings (SSSR count). The molecule has 0 radical (unpaired) electrons. The molecule has 0 aliphatic carbocycles. The monoisotopic (exact) mass is 948 g/mol. The third kappa shape index (κ3) is 12.8. The molecule has 0 amide bonds. The van der Waals surface area contributed by atoms with Crippen LogP contribution in [0.4, 0.5) is 0 Å². The molecule has 0 bridgehead atoms. The topological polar surface area (TPSA) is 419 Å². The van der Waals surface area contributed by atoms with Crippen molar-refractivity contribution in [1.29, 1.82) is 0 Å². The van der Waals surface area contributed by atoms with Gasteiger partial charge in [0.15, 0.2) is 25.2 Å². The van der Waals surface area contributed by atoms with Gasteiger partial charge in [0.05, 0.1) is 25.2 Å². The predicted octanol–water partition coefficient (Wildman–Crippen LogP) is -20.0. The van der Waals surface area contributed by atoms with Crippen molar-refractivity contribution in [1.82, 2.24) is 0 Å². The molecule has 0 unspecified atom stereocenters. The van der Waals surface area contributed by atoms with E-state index >= 15 is 0 Å². The molecule has 24 nitrogen and oxygen atoms in total. The molecule has 0 aromatic carbocycles. The molecular weight excluding hydrogens is 912 g/mol. The van der Waals surface area contributed by atoms with Crippen LogP contribution in [0.5, 0.6) is 0 Å². The van der Waals surface area contributed by atoms with E-state index in [1.165, 1.54) is 0 Å². The Morgan fingerprint density at radius 2 is 0.750 bits per heavy atom. The van der Waals surface area contributed by atoms with Crippen LogP contribution in [0.25, 0.3) is 0 Å². The van der Waals surface area contributed by atoms with Crippen LogP contribution in [-0.2, 0) is 38.0 Å². The van der Waals surface area contributed by atoms with Crippen molar-refractivity contribution >= 4 is 87.4 Å². The van der Waals surface area contributed by atoms with Gasteiger partial charge in [-0.3, -0.25) is 0 Å². The van der Waals surface area contributed by atoms with E-state index in [0.29, 0.717) is 0 Å². The molecule has 4 heterocycles. The molecule has 52 heavy (non-hydrogen) atoms. The van der Waals surface area contributed by atoms with Gasteiger partial charge < -0.3 is 154 Å². The van der Waals surface area contributed by atoms with E-state index in [1.54, 1.807) is 0 Å². The van der Waals surface area contributed by atoms with Crippen molar-refractivity contribution in [3.63, 3.8) is 0 Å². The summed E-state index contributed by atoms with van der Waals surface area (Å²) in [5, 5.41) is 156. The Morgan fingerprint density at radius 3 is 1.00 bits per heavy atom. The molecule has 0 spiro atoms. The van der Waals surface area contributed by atoms with E-state index in [-0.39, 0.29) is 109 Å². The summed E-state index contributed by atoms with van der Waals surface area (Å²) in [4.78, 5) is 22.1. The summed E-state index contributed by atoms with van der Waals surface area (Å²) in [7, 11) is 0. The minimum atomic E-state index is -2.02. The number of ether oxygens (including phenoxy) is 6. The number of rotatable bonds is 8. The summed E-state index contributed by atoms with van der Waals surface area (Å²) < 4.78 is 29.4. The smallest absolute Gasteiger partial charge is 1.00 e.